The first kappa shape index (κ1) is 19.3. The first-order valence-electron chi connectivity index (χ1n) is 8.58. The fourth-order valence-electron chi connectivity index (χ4n) is 2.63. The van der Waals surface area contributed by atoms with E-state index in [-0.39, 0.29) is 6.04 Å². The quantitative estimate of drug-likeness (QED) is 0.437. The summed E-state index contributed by atoms with van der Waals surface area (Å²) in [7, 11) is -2.06. The van der Waals surface area contributed by atoms with Crippen LogP contribution < -0.4 is 5.73 Å². The van der Waals surface area contributed by atoms with Crippen molar-refractivity contribution in [2.45, 2.75) is 70.8 Å². The van der Waals surface area contributed by atoms with Gasteiger partial charge in [-0.25, -0.2) is 0 Å². The van der Waals surface area contributed by atoms with E-state index in [0.29, 0.717) is 12.6 Å². The molecule has 0 heterocycles. The average Bonchev–Trinajstić information content (AvgIpc) is 2.50. The first-order valence-corrected chi connectivity index (χ1v) is 9.98. The van der Waals surface area contributed by atoms with Crippen LogP contribution in [0.3, 0.4) is 0 Å². The summed E-state index contributed by atoms with van der Waals surface area (Å²) in [5.74, 6) is 0. The van der Waals surface area contributed by atoms with Crippen molar-refractivity contribution < 1.29 is 9.46 Å². The zero-order chi connectivity index (χ0) is 16.2. The highest BCUT2D eigenvalue weighted by Gasteiger charge is 2.13. The molecule has 2 atom stereocenters. The topological polar surface area (TPSA) is 63.3 Å². The van der Waals surface area contributed by atoms with Crippen molar-refractivity contribution in [3.63, 3.8) is 0 Å². The van der Waals surface area contributed by atoms with Crippen LogP contribution in [0.5, 0.6) is 0 Å². The molecule has 0 aliphatic carbocycles. The van der Waals surface area contributed by atoms with Crippen molar-refractivity contribution in [1.82, 2.24) is 0 Å². The number of unbranched alkanes of at least 4 members (excludes halogenated alkanes) is 5. The smallest absolute Gasteiger partial charge is 0.327 e. The van der Waals surface area contributed by atoms with Crippen LogP contribution in [-0.4, -0.2) is 17.1 Å². The molecule has 1 rings (SSSR count). The van der Waals surface area contributed by atoms with Crippen molar-refractivity contribution in [2.24, 2.45) is 5.73 Å². The Kier molecular flexibility index (Phi) is 10.3. The Hall–Kier alpha value is -0.760. The van der Waals surface area contributed by atoms with Crippen LogP contribution in [-0.2, 0) is 17.4 Å². The van der Waals surface area contributed by atoms with Crippen LogP contribution in [0.2, 0.25) is 0 Å². The van der Waals surface area contributed by atoms with E-state index in [1.807, 2.05) is 0 Å². The molecule has 3 N–H and O–H groups in total. The van der Waals surface area contributed by atoms with E-state index in [0.717, 1.165) is 12.8 Å². The molecule has 1 aromatic rings. The molecule has 2 unspecified atom stereocenters. The summed E-state index contributed by atoms with van der Waals surface area (Å²) in [6.45, 7) is 2.25. The van der Waals surface area contributed by atoms with E-state index < -0.39 is 8.03 Å². The number of hydrogen-bond acceptors (Lipinski definition) is 2. The Balaban J connectivity index is 2.23. The third-order valence-corrected chi connectivity index (χ3v) is 4.67. The van der Waals surface area contributed by atoms with E-state index in [9.17, 15) is 4.57 Å². The molecule has 124 valence electrons. The van der Waals surface area contributed by atoms with Crippen molar-refractivity contribution in [3.05, 3.63) is 35.4 Å². The minimum atomic E-state index is -2.06. The Morgan fingerprint density at radius 2 is 1.64 bits per heavy atom. The van der Waals surface area contributed by atoms with Crippen molar-refractivity contribution >= 4 is 8.03 Å². The fourth-order valence-corrected chi connectivity index (χ4v) is 3.19. The molecule has 4 heteroatoms. The second-order valence-corrected chi connectivity index (χ2v) is 7.31. The van der Waals surface area contributed by atoms with Gasteiger partial charge in [0.15, 0.2) is 6.16 Å². The van der Waals surface area contributed by atoms with Crippen LogP contribution in [0.1, 0.15) is 63.0 Å². The lowest BCUT2D eigenvalue weighted by Gasteiger charge is -2.09. The highest BCUT2D eigenvalue weighted by atomic mass is 31.1. The minimum Gasteiger partial charge on any atom is -0.327 e. The summed E-state index contributed by atoms with van der Waals surface area (Å²) < 4.78 is 10.7. The fraction of sp³-hybridized carbons (Fsp3) is 0.667. The number of nitrogens with two attached hydrogens (primary N) is 1. The predicted octanol–water partition coefficient (Wildman–Crippen LogP) is 4.58. The van der Waals surface area contributed by atoms with Gasteiger partial charge in [0.05, 0.1) is 0 Å². The second-order valence-electron chi connectivity index (χ2n) is 6.16. The van der Waals surface area contributed by atoms with Gasteiger partial charge in [-0.15, -0.1) is 0 Å². The highest BCUT2D eigenvalue weighted by molar-refractivity contribution is 7.37. The van der Waals surface area contributed by atoms with Gasteiger partial charge in [0.1, 0.15) is 0 Å². The summed E-state index contributed by atoms with van der Waals surface area (Å²) in [5.41, 5.74) is 8.60. The van der Waals surface area contributed by atoms with Crippen LogP contribution in [0, 0.1) is 0 Å². The number of aryl methyl sites for hydroxylation is 1. The number of benzene rings is 1. The third-order valence-electron chi connectivity index (χ3n) is 4.03. The molecular formula is C18H31NO2P+. The van der Waals surface area contributed by atoms with E-state index >= 15 is 0 Å². The predicted molar refractivity (Wildman–Crippen MR) is 94.5 cm³/mol. The molecule has 0 saturated carbocycles. The van der Waals surface area contributed by atoms with Crippen molar-refractivity contribution in [1.29, 1.82) is 0 Å². The molecule has 0 amide bonds. The molecule has 0 aliphatic rings. The maximum absolute atomic E-state index is 10.7. The van der Waals surface area contributed by atoms with Gasteiger partial charge < -0.3 is 5.73 Å². The van der Waals surface area contributed by atoms with Crippen molar-refractivity contribution in [2.75, 3.05) is 6.16 Å². The largest absolute Gasteiger partial charge is 0.505 e. The van der Waals surface area contributed by atoms with Gasteiger partial charge in [0.2, 0.25) is 0 Å². The summed E-state index contributed by atoms with van der Waals surface area (Å²) in [5, 5.41) is 0. The monoisotopic (exact) mass is 324 g/mol. The van der Waals surface area contributed by atoms with Gasteiger partial charge in [-0.3, -0.25) is 0 Å². The van der Waals surface area contributed by atoms with Gasteiger partial charge in [-0.2, -0.15) is 4.89 Å². The van der Waals surface area contributed by atoms with Crippen LogP contribution in [0.25, 0.3) is 0 Å². The standard InChI is InChI=1S/C18H30NO2P/c1-2-3-4-5-6-7-8-16-9-11-17(12-10-16)15-18(19)13-14-22(20)21/h9-12,18H,2-8,13-15,19H2,1H3/p+1. The number of rotatable bonds is 12. The zero-order valence-electron chi connectivity index (χ0n) is 13.8. The molecule has 1 aromatic carbocycles. The first-order chi connectivity index (χ1) is 10.6. The van der Waals surface area contributed by atoms with Gasteiger partial charge in [-0.05, 0) is 35.0 Å². The van der Waals surface area contributed by atoms with Crippen molar-refractivity contribution in [3.8, 4) is 0 Å². The summed E-state index contributed by atoms with van der Waals surface area (Å²) >= 11 is 0. The molecule has 22 heavy (non-hydrogen) atoms. The van der Waals surface area contributed by atoms with E-state index in [4.69, 9.17) is 10.6 Å². The lowest BCUT2D eigenvalue weighted by Crippen LogP contribution is -2.23. The van der Waals surface area contributed by atoms with E-state index in [1.54, 1.807) is 0 Å². The Morgan fingerprint density at radius 3 is 2.27 bits per heavy atom. The summed E-state index contributed by atoms with van der Waals surface area (Å²) in [6.07, 6.45) is 10.8. The second kappa shape index (κ2) is 11.8. The van der Waals surface area contributed by atoms with Crippen LogP contribution in [0.4, 0.5) is 0 Å². The Bertz CT molecular complexity index is 420. The molecule has 0 radical (unpaired) electrons. The molecule has 0 saturated heterocycles. The van der Waals surface area contributed by atoms with Gasteiger partial charge >= 0.3 is 8.03 Å². The SMILES string of the molecule is CCCCCCCCc1ccc(CC(N)CC[P+](=O)O)cc1. The molecule has 0 aromatic heterocycles. The summed E-state index contributed by atoms with van der Waals surface area (Å²) in [4.78, 5) is 8.81. The lowest BCUT2D eigenvalue weighted by molar-refractivity contribution is 0.496. The Morgan fingerprint density at radius 1 is 1.05 bits per heavy atom. The van der Waals surface area contributed by atoms with Gasteiger partial charge in [0, 0.05) is 12.5 Å². The molecule has 0 fully saturated rings. The van der Waals surface area contributed by atoms with E-state index in [1.165, 1.54) is 49.7 Å². The maximum atomic E-state index is 10.7. The third kappa shape index (κ3) is 9.30. The zero-order valence-corrected chi connectivity index (χ0v) is 14.7. The molecule has 0 spiro atoms. The number of hydrogen-bond donors (Lipinski definition) is 2. The maximum Gasteiger partial charge on any atom is 0.505 e. The van der Waals surface area contributed by atoms with E-state index in [2.05, 4.69) is 31.2 Å². The lowest BCUT2D eigenvalue weighted by atomic mass is 10.0. The van der Waals surface area contributed by atoms with Crippen LogP contribution >= 0.6 is 8.03 Å². The van der Waals surface area contributed by atoms with Gasteiger partial charge in [0.25, 0.3) is 0 Å². The molecule has 3 nitrogen and oxygen atoms in total. The normalized spacial score (nSPS) is 13.1. The molecule has 0 bridgehead atoms. The minimum absolute atomic E-state index is 0.0319. The highest BCUT2D eigenvalue weighted by Crippen LogP contribution is 2.17. The summed E-state index contributed by atoms with van der Waals surface area (Å²) in [6, 6.07) is 8.65. The van der Waals surface area contributed by atoms with Gasteiger partial charge in [-0.1, -0.05) is 63.3 Å². The molecule has 0 aliphatic heterocycles. The Labute approximate surface area is 136 Å². The average molecular weight is 324 g/mol. The van der Waals surface area contributed by atoms with Crippen LogP contribution in [0.15, 0.2) is 24.3 Å². The molecular weight excluding hydrogens is 293 g/mol.